The highest BCUT2D eigenvalue weighted by Crippen LogP contribution is 2.37. The average molecular weight is 348 g/mol. The zero-order valence-electron chi connectivity index (χ0n) is 15.6. The van der Waals surface area contributed by atoms with Gasteiger partial charge in [-0.2, -0.15) is 0 Å². The lowest BCUT2D eigenvalue weighted by Crippen LogP contribution is -2.13. The van der Waals surface area contributed by atoms with E-state index in [1.807, 2.05) is 12.3 Å². The zero-order chi connectivity index (χ0) is 18.2. The van der Waals surface area contributed by atoms with Crippen LogP contribution < -0.4 is 0 Å². The molecule has 0 saturated heterocycles. The zero-order valence-corrected chi connectivity index (χ0v) is 15.6. The summed E-state index contributed by atoms with van der Waals surface area (Å²) in [5.74, 6) is 1.25. The number of hydrogen-bond donors (Lipinski definition) is 0. The minimum atomic E-state index is 0.609. The normalized spacial score (nSPS) is 19.8. The molecule has 1 heterocycles. The van der Waals surface area contributed by atoms with Crippen molar-refractivity contribution in [3.63, 3.8) is 0 Å². The van der Waals surface area contributed by atoms with Gasteiger partial charge in [0.1, 0.15) is 6.29 Å². The van der Waals surface area contributed by atoms with Crippen LogP contribution in [0.1, 0.15) is 62.0 Å². The van der Waals surface area contributed by atoms with Crippen LogP contribution in [0.25, 0.3) is 11.3 Å². The van der Waals surface area contributed by atoms with Gasteiger partial charge >= 0.3 is 0 Å². The predicted octanol–water partition coefficient (Wildman–Crippen LogP) is 6.12. The van der Waals surface area contributed by atoms with E-state index in [0.717, 1.165) is 37.7 Å². The van der Waals surface area contributed by atoms with Crippen LogP contribution in [0, 0.1) is 5.92 Å². The van der Waals surface area contributed by atoms with Crippen molar-refractivity contribution >= 4 is 6.29 Å². The second-order valence-electron chi connectivity index (χ2n) is 7.47. The molecular weight excluding hydrogens is 318 g/mol. The van der Waals surface area contributed by atoms with Gasteiger partial charge in [0.05, 0.1) is 5.69 Å². The van der Waals surface area contributed by atoms with Crippen molar-refractivity contribution in [2.45, 2.75) is 57.3 Å². The van der Waals surface area contributed by atoms with Crippen LogP contribution in [0.5, 0.6) is 0 Å². The Balaban J connectivity index is 1.59. The van der Waals surface area contributed by atoms with Gasteiger partial charge in [0.2, 0.25) is 0 Å². The van der Waals surface area contributed by atoms with Crippen molar-refractivity contribution < 1.29 is 4.79 Å². The van der Waals surface area contributed by atoms with E-state index >= 15 is 0 Å². The number of nitrogens with zero attached hydrogens (tertiary/aromatic N) is 1. The van der Waals surface area contributed by atoms with Crippen molar-refractivity contribution in [3.05, 3.63) is 66.4 Å². The molecule has 0 unspecified atom stereocenters. The molecule has 2 nitrogen and oxygen atoms in total. The summed E-state index contributed by atoms with van der Waals surface area (Å²) in [6.07, 6.45) is 13.8. The largest absolute Gasteiger partial charge is 0.303 e. The maximum atomic E-state index is 10.7. The third-order valence-electron chi connectivity index (χ3n) is 5.65. The fourth-order valence-electron chi connectivity index (χ4n) is 3.99. The number of carbonyl (C=O) groups is 1. The van der Waals surface area contributed by atoms with E-state index in [1.54, 1.807) is 0 Å². The summed E-state index contributed by atoms with van der Waals surface area (Å²) in [4.78, 5) is 15.3. The maximum Gasteiger partial charge on any atom is 0.120 e. The Morgan fingerprint density at radius 2 is 1.81 bits per heavy atom. The molecule has 1 aromatic heterocycles. The molecule has 0 spiro atoms. The van der Waals surface area contributed by atoms with E-state index in [4.69, 9.17) is 0 Å². The first kappa shape index (κ1) is 18.6. The lowest BCUT2D eigenvalue weighted by atomic mass is 9.77. The van der Waals surface area contributed by atoms with Crippen LogP contribution >= 0.6 is 0 Å². The number of aromatic nitrogens is 1. The number of aldehydes is 1. The van der Waals surface area contributed by atoms with Crippen LogP contribution in [-0.2, 0) is 11.2 Å². The summed E-state index contributed by atoms with van der Waals surface area (Å²) in [5, 5.41) is 0. The molecule has 26 heavy (non-hydrogen) atoms. The molecular formula is C24H29NO. The molecule has 0 amide bonds. The summed E-state index contributed by atoms with van der Waals surface area (Å²) in [6.45, 7) is 3.77. The van der Waals surface area contributed by atoms with Gasteiger partial charge in [0.15, 0.2) is 0 Å². The van der Waals surface area contributed by atoms with Crippen LogP contribution in [-0.4, -0.2) is 11.3 Å². The number of hydrogen-bond acceptors (Lipinski definition) is 2. The van der Waals surface area contributed by atoms with Crippen molar-refractivity contribution in [2.75, 3.05) is 0 Å². The Bertz CT molecular complexity index is 694. The van der Waals surface area contributed by atoms with Crippen LogP contribution in [0.2, 0.25) is 0 Å². The third-order valence-corrected chi connectivity index (χ3v) is 5.65. The fraction of sp³-hybridized carbons (Fsp3) is 0.417. The molecule has 0 aliphatic heterocycles. The lowest BCUT2D eigenvalue weighted by molar-refractivity contribution is -0.108. The Kier molecular flexibility index (Phi) is 6.76. The molecule has 0 bridgehead atoms. The average Bonchev–Trinajstić information content (AvgIpc) is 2.70. The highest BCUT2D eigenvalue weighted by molar-refractivity contribution is 5.59. The SMILES string of the molecule is C=CCCCc1ccc(-c2ccc([C@H]3CC[C@H](CC=O)CC3)cc2)nc1. The second kappa shape index (κ2) is 9.47. The van der Waals surface area contributed by atoms with E-state index in [0.29, 0.717) is 11.8 Å². The Labute approximate surface area is 157 Å². The van der Waals surface area contributed by atoms with Gasteiger partial charge in [-0.1, -0.05) is 36.4 Å². The van der Waals surface area contributed by atoms with Gasteiger partial charge in [0.25, 0.3) is 0 Å². The first-order valence-electron chi connectivity index (χ1n) is 9.90. The third kappa shape index (κ3) is 4.91. The summed E-state index contributed by atoms with van der Waals surface area (Å²) < 4.78 is 0. The number of benzene rings is 1. The van der Waals surface area contributed by atoms with Crippen molar-refractivity contribution in [1.29, 1.82) is 0 Å². The Morgan fingerprint density at radius 1 is 1.04 bits per heavy atom. The van der Waals surface area contributed by atoms with Crippen molar-refractivity contribution in [1.82, 2.24) is 4.98 Å². The topological polar surface area (TPSA) is 30.0 Å². The van der Waals surface area contributed by atoms with Crippen LogP contribution in [0.3, 0.4) is 0 Å². The first-order valence-corrected chi connectivity index (χ1v) is 9.90. The Hall–Kier alpha value is -2.22. The summed E-state index contributed by atoms with van der Waals surface area (Å²) in [5.41, 5.74) is 4.94. The van der Waals surface area contributed by atoms with E-state index < -0.39 is 0 Å². The molecule has 1 fully saturated rings. The van der Waals surface area contributed by atoms with E-state index in [2.05, 4.69) is 48.0 Å². The monoisotopic (exact) mass is 347 g/mol. The minimum Gasteiger partial charge on any atom is -0.303 e. The molecule has 0 N–H and O–H groups in total. The molecule has 2 aromatic rings. The second-order valence-corrected chi connectivity index (χ2v) is 7.47. The van der Waals surface area contributed by atoms with Crippen molar-refractivity contribution in [2.24, 2.45) is 5.92 Å². The lowest BCUT2D eigenvalue weighted by Gasteiger charge is -2.27. The summed E-state index contributed by atoms with van der Waals surface area (Å²) >= 11 is 0. The standard InChI is InChI=1S/C24H29NO/c1-2-3-4-5-20-8-15-24(25-18-20)23-13-11-22(12-14-23)21-9-6-19(7-10-21)16-17-26/h2,8,11-15,17-19,21H,1,3-7,9-10,16H2/t19-,21-. The van der Waals surface area contributed by atoms with E-state index in [1.165, 1.54) is 42.4 Å². The number of allylic oxidation sites excluding steroid dienone is 1. The molecule has 136 valence electrons. The van der Waals surface area contributed by atoms with E-state index in [9.17, 15) is 4.79 Å². The molecule has 2 heteroatoms. The predicted molar refractivity (Wildman–Crippen MR) is 108 cm³/mol. The molecule has 1 aromatic carbocycles. The minimum absolute atomic E-state index is 0.609. The van der Waals surface area contributed by atoms with Gasteiger partial charge in [-0.15, -0.1) is 6.58 Å². The molecule has 1 saturated carbocycles. The number of unbranched alkanes of at least 4 members (excludes halogenated alkanes) is 1. The summed E-state index contributed by atoms with van der Waals surface area (Å²) in [6, 6.07) is 13.2. The van der Waals surface area contributed by atoms with Gasteiger partial charge in [0, 0.05) is 18.2 Å². The number of pyridine rings is 1. The number of aryl methyl sites for hydroxylation is 1. The van der Waals surface area contributed by atoms with Crippen LogP contribution in [0.15, 0.2) is 55.3 Å². The van der Waals surface area contributed by atoms with Gasteiger partial charge in [-0.25, -0.2) is 0 Å². The molecule has 3 rings (SSSR count). The number of rotatable bonds is 8. The molecule has 0 radical (unpaired) electrons. The van der Waals surface area contributed by atoms with Crippen molar-refractivity contribution in [3.8, 4) is 11.3 Å². The summed E-state index contributed by atoms with van der Waals surface area (Å²) in [7, 11) is 0. The highest BCUT2D eigenvalue weighted by atomic mass is 16.1. The highest BCUT2D eigenvalue weighted by Gasteiger charge is 2.22. The number of carbonyl (C=O) groups excluding carboxylic acids is 1. The Morgan fingerprint density at radius 3 is 2.42 bits per heavy atom. The molecule has 0 atom stereocenters. The maximum absolute atomic E-state index is 10.7. The fourth-order valence-corrected chi connectivity index (χ4v) is 3.99. The van der Waals surface area contributed by atoms with Gasteiger partial charge in [-0.05, 0) is 74.0 Å². The van der Waals surface area contributed by atoms with Gasteiger partial charge < -0.3 is 4.79 Å². The first-order chi connectivity index (χ1) is 12.8. The molecule has 1 aliphatic rings. The van der Waals surface area contributed by atoms with Crippen LogP contribution in [0.4, 0.5) is 0 Å². The smallest absolute Gasteiger partial charge is 0.120 e. The van der Waals surface area contributed by atoms with E-state index in [-0.39, 0.29) is 0 Å². The quantitative estimate of drug-likeness (QED) is 0.327. The van der Waals surface area contributed by atoms with Gasteiger partial charge in [-0.3, -0.25) is 4.98 Å². The molecule has 1 aliphatic carbocycles.